The summed E-state index contributed by atoms with van der Waals surface area (Å²) >= 11 is 0. The molecule has 2 aromatic rings. The molecular weight excluding hydrogens is 246 g/mol. The van der Waals surface area contributed by atoms with Crippen LogP contribution in [-0.2, 0) is 0 Å². The number of H-pyrrole nitrogens is 1. The predicted octanol–water partition coefficient (Wildman–Crippen LogP) is 0.292. The number of aromatic amines is 1. The van der Waals surface area contributed by atoms with Crippen molar-refractivity contribution in [3.8, 4) is 22.9 Å². The summed E-state index contributed by atoms with van der Waals surface area (Å²) in [6.07, 6.45) is 0. The average molecular weight is 261 g/mol. The van der Waals surface area contributed by atoms with Gasteiger partial charge >= 0.3 is 0 Å². The maximum Gasteiger partial charge on any atom is 0.245 e. The molecular formula is C12H15N5O2. The number of phenolic OH excluding ortho intramolecular Hbond substituents is 2. The number of hydrogen-bond acceptors (Lipinski definition) is 6. The second-order valence-electron chi connectivity index (χ2n) is 4.42. The summed E-state index contributed by atoms with van der Waals surface area (Å²) in [6, 6.07) is 4.31. The molecule has 1 fully saturated rings. The first kappa shape index (κ1) is 11.8. The Hall–Kier alpha value is -2.28. The fourth-order valence-electron chi connectivity index (χ4n) is 2.09. The normalized spacial score (nSPS) is 15.7. The number of anilines is 1. The summed E-state index contributed by atoms with van der Waals surface area (Å²) in [7, 11) is 0. The summed E-state index contributed by atoms with van der Waals surface area (Å²) in [6.45, 7) is 3.51. The van der Waals surface area contributed by atoms with Gasteiger partial charge in [-0.1, -0.05) is 0 Å². The Bertz CT molecular complexity index is 577. The SMILES string of the molecule is Oc1ccc(O)c(-c2nc(N3CCNCC3)n[nH]2)c1. The minimum absolute atomic E-state index is 0.0563. The van der Waals surface area contributed by atoms with Crippen molar-refractivity contribution >= 4 is 5.95 Å². The van der Waals surface area contributed by atoms with Gasteiger partial charge in [0.25, 0.3) is 0 Å². The van der Waals surface area contributed by atoms with E-state index in [1.54, 1.807) is 0 Å². The fourth-order valence-corrected chi connectivity index (χ4v) is 2.09. The van der Waals surface area contributed by atoms with E-state index in [4.69, 9.17) is 0 Å². The van der Waals surface area contributed by atoms with Gasteiger partial charge in [0.1, 0.15) is 11.5 Å². The van der Waals surface area contributed by atoms with Crippen molar-refractivity contribution in [1.29, 1.82) is 0 Å². The summed E-state index contributed by atoms with van der Waals surface area (Å²) in [4.78, 5) is 6.43. The lowest BCUT2D eigenvalue weighted by Crippen LogP contribution is -2.44. The van der Waals surface area contributed by atoms with Crippen LogP contribution in [-0.4, -0.2) is 51.6 Å². The molecule has 0 unspecified atom stereocenters. The van der Waals surface area contributed by atoms with Crippen molar-refractivity contribution < 1.29 is 10.2 Å². The average Bonchev–Trinajstić information content (AvgIpc) is 2.92. The molecule has 4 N–H and O–H groups in total. The molecule has 1 saturated heterocycles. The van der Waals surface area contributed by atoms with Crippen LogP contribution in [0.25, 0.3) is 11.4 Å². The number of nitrogens with zero attached hydrogens (tertiary/aromatic N) is 3. The van der Waals surface area contributed by atoms with E-state index in [9.17, 15) is 10.2 Å². The van der Waals surface area contributed by atoms with Crippen molar-refractivity contribution in [2.45, 2.75) is 0 Å². The molecule has 0 amide bonds. The fraction of sp³-hybridized carbons (Fsp3) is 0.333. The van der Waals surface area contributed by atoms with Gasteiger partial charge in [-0.05, 0) is 18.2 Å². The van der Waals surface area contributed by atoms with Crippen LogP contribution in [0.1, 0.15) is 0 Å². The predicted molar refractivity (Wildman–Crippen MR) is 70.2 cm³/mol. The quantitative estimate of drug-likeness (QED) is 0.580. The molecule has 1 aliphatic rings. The zero-order valence-corrected chi connectivity index (χ0v) is 10.3. The van der Waals surface area contributed by atoms with E-state index in [0.717, 1.165) is 26.2 Å². The summed E-state index contributed by atoms with van der Waals surface area (Å²) in [5.74, 6) is 1.19. The highest BCUT2D eigenvalue weighted by atomic mass is 16.3. The number of benzene rings is 1. The first-order valence-corrected chi connectivity index (χ1v) is 6.14. The topological polar surface area (TPSA) is 97.3 Å². The number of piperazine rings is 1. The molecule has 0 saturated carbocycles. The highest BCUT2D eigenvalue weighted by molar-refractivity contribution is 5.66. The largest absolute Gasteiger partial charge is 0.508 e. The molecule has 0 radical (unpaired) electrons. The third kappa shape index (κ3) is 2.32. The van der Waals surface area contributed by atoms with Crippen LogP contribution in [0.15, 0.2) is 18.2 Å². The van der Waals surface area contributed by atoms with E-state index in [1.165, 1.54) is 18.2 Å². The molecule has 0 aliphatic carbocycles. The smallest absolute Gasteiger partial charge is 0.245 e. The van der Waals surface area contributed by atoms with E-state index < -0.39 is 0 Å². The summed E-state index contributed by atoms with van der Waals surface area (Å²) < 4.78 is 0. The maximum atomic E-state index is 9.79. The van der Waals surface area contributed by atoms with E-state index in [0.29, 0.717) is 17.3 Å². The number of aromatic nitrogens is 3. The lowest BCUT2D eigenvalue weighted by Gasteiger charge is -2.25. The second kappa shape index (κ2) is 4.77. The Balaban J connectivity index is 1.89. The van der Waals surface area contributed by atoms with Crippen LogP contribution in [0.3, 0.4) is 0 Å². The number of rotatable bonds is 2. The van der Waals surface area contributed by atoms with Crippen molar-refractivity contribution in [3.63, 3.8) is 0 Å². The molecule has 7 heteroatoms. The number of hydrogen-bond donors (Lipinski definition) is 4. The molecule has 7 nitrogen and oxygen atoms in total. The first-order valence-electron chi connectivity index (χ1n) is 6.14. The van der Waals surface area contributed by atoms with Crippen molar-refractivity contribution in [3.05, 3.63) is 18.2 Å². The van der Waals surface area contributed by atoms with Gasteiger partial charge in [0.05, 0.1) is 5.56 Å². The zero-order chi connectivity index (χ0) is 13.2. The van der Waals surface area contributed by atoms with Crippen molar-refractivity contribution in [2.75, 3.05) is 31.1 Å². The Labute approximate surface area is 109 Å². The highest BCUT2D eigenvalue weighted by Crippen LogP contribution is 2.30. The number of phenols is 2. The molecule has 0 bridgehead atoms. The maximum absolute atomic E-state index is 9.79. The minimum atomic E-state index is 0.0563. The lowest BCUT2D eigenvalue weighted by molar-refractivity contribution is 0.461. The lowest BCUT2D eigenvalue weighted by atomic mass is 10.2. The Kier molecular flexibility index (Phi) is 2.96. The molecule has 0 atom stereocenters. The van der Waals surface area contributed by atoms with Crippen LogP contribution in [0.4, 0.5) is 5.95 Å². The van der Waals surface area contributed by atoms with Gasteiger partial charge < -0.3 is 20.4 Å². The van der Waals surface area contributed by atoms with Crippen LogP contribution >= 0.6 is 0 Å². The van der Waals surface area contributed by atoms with E-state index in [2.05, 4.69) is 25.4 Å². The van der Waals surface area contributed by atoms with E-state index in [1.807, 2.05) is 0 Å². The van der Waals surface area contributed by atoms with Gasteiger partial charge in [-0.25, -0.2) is 0 Å². The van der Waals surface area contributed by atoms with E-state index in [-0.39, 0.29) is 11.5 Å². The molecule has 19 heavy (non-hydrogen) atoms. The Morgan fingerprint density at radius 2 is 1.95 bits per heavy atom. The number of aromatic hydroxyl groups is 2. The molecule has 1 aliphatic heterocycles. The summed E-state index contributed by atoms with van der Waals surface area (Å²) in [5.41, 5.74) is 0.439. The standard InChI is InChI=1S/C12H15N5O2/c18-8-1-2-10(19)9(7-8)11-14-12(16-15-11)17-5-3-13-4-6-17/h1-2,7,13,18-19H,3-6H2,(H,14,15,16). The summed E-state index contributed by atoms with van der Waals surface area (Å²) in [5, 5.41) is 29.5. The van der Waals surface area contributed by atoms with Crippen LogP contribution < -0.4 is 10.2 Å². The zero-order valence-electron chi connectivity index (χ0n) is 10.3. The molecule has 2 heterocycles. The van der Waals surface area contributed by atoms with Gasteiger partial charge in [-0.2, -0.15) is 4.98 Å². The van der Waals surface area contributed by atoms with Gasteiger partial charge in [0, 0.05) is 26.2 Å². The minimum Gasteiger partial charge on any atom is -0.508 e. The monoisotopic (exact) mass is 261 g/mol. The molecule has 100 valence electrons. The molecule has 3 rings (SSSR count). The first-order chi connectivity index (χ1) is 9.24. The van der Waals surface area contributed by atoms with Gasteiger partial charge in [-0.3, -0.25) is 5.10 Å². The van der Waals surface area contributed by atoms with Gasteiger partial charge in [0.2, 0.25) is 5.95 Å². The van der Waals surface area contributed by atoms with Crippen molar-refractivity contribution in [1.82, 2.24) is 20.5 Å². The van der Waals surface area contributed by atoms with Crippen molar-refractivity contribution in [2.24, 2.45) is 0 Å². The van der Waals surface area contributed by atoms with Gasteiger partial charge in [0.15, 0.2) is 5.82 Å². The van der Waals surface area contributed by atoms with Crippen LogP contribution in [0.2, 0.25) is 0 Å². The Morgan fingerprint density at radius 1 is 1.16 bits per heavy atom. The molecule has 1 aromatic carbocycles. The third-order valence-corrected chi connectivity index (χ3v) is 3.11. The number of nitrogens with one attached hydrogen (secondary N) is 2. The second-order valence-corrected chi connectivity index (χ2v) is 4.42. The van der Waals surface area contributed by atoms with Crippen LogP contribution in [0.5, 0.6) is 11.5 Å². The van der Waals surface area contributed by atoms with E-state index >= 15 is 0 Å². The molecule has 1 aromatic heterocycles. The third-order valence-electron chi connectivity index (χ3n) is 3.11. The molecule has 0 spiro atoms. The Morgan fingerprint density at radius 3 is 2.74 bits per heavy atom. The highest BCUT2D eigenvalue weighted by Gasteiger charge is 2.17. The van der Waals surface area contributed by atoms with Crippen LogP contribution in [0, 0.1) is 0 Å². The van der Waals surface area contributed by atoms with Gasteiger partial charge in [-0.15, -0.1) is 5.10 Å².